The van der Waals surface area contributed by atoms with Crippen molar-refractivity contribution < 1.29 is 26.4 Å². The van der Waals surface area contributed by atoms with E-state index in [4.69, 9.17) is 0 Å². The number of hydrogen-bond acceptors (Lipinski definition) is 3. The van der Waals surface area contributed by atoms with Gasteiger partial charge < -0.3 is 0 Å². The highest BCUT2D eigenvalue weighted by molar-refractivity contribution is 7.89. The summed E-state index contributed by atoms with van der Waals surface area (Å²) >= 11 is 0. The van der Waals surface area contributed by atoms with E-state index >= 15 is 0 Å². The van der Waals surface area contributed by atoms with E-state index in [2.05, 4.69) is 0 Å². The maximum atomic E-state index is 12.7. The Bertz CT molecular complexity index is 723. The van der Waals surface area contributed by atoms with Crippen molar-refractivity contribution in [3.8, 4) is 0 Å². The fourth-order valence-electron chi connectivity index (χ4n) is 2.17. The van der Waals surface area contributed by atoms with Gasteiger partial charge in [-0.15, -0.1) is 0 Å². The summed E-state index contributed by atoms with van der Waals surface area (Å²) < 4.78 is 62.0. The van der Waals surface area contributed by atoms with Crippen LogP contribution in [-0.4, -0.2) is 30.9 Å². The lowest BCUT2D eigenvalue weighted by molar-refractivity contribution is -0.137. The molecule has 0 aromatic heterocycles. The van der Waals surface area contributed by atoms with Crippen molar-refractivity contribution in [3.05, 3.63) is 41.5 Å². The first-order valence-electron chi connectivity index (χ1n) is 6.51. The molecule has 4 nitrogen and oxygen atoms in total. The molecule has 1 aromatic rings. The van der Waals surface area contributed by atoms with Crippen LogP contribution in [0.15, 0.2) is 30.3 Å². The second kappa shape index (κ2) is 5.75. The number of nitrogens with zero attached hydrogens (tertiary/aromatic N) is 1. The molecule has 0 aliphatic carbocycles. The molecule has 8 heteroatoms. The number of rotatable bonds is 2. The number of benzene rings is 1. The Balaban J connectivity index is 2.28. The fraction of sp³-hybridized carbons (Fsp3) is 0.357. The van der Waals surface area contributed by atoms with Gasteiger partial charge in [0, 0.05) is 12.6 Å². The van der Waals surface area contributed by atoms with Crippen molar-refractivity contribution in [1.29, 1.82) is 0 Å². The highest BCUT2D eigenvalue weighted by atomic mass is 32.2. The highest BCUT2D eigenvalue weighted by Crippen LogP contribution is 2.31. The van der Waals surface area contributed by atoms with Crippen molar-refractivity contribution in [3.63, 3.8) is 0 Å². The number of alkyl halides is 3. The van der Waals surface area contributed by atoms with Crippen LogP contribution in [0.4, 0.5) is 13.2 Å². The van der Waals surface area contributed by atoms with E-state index < -0.39 is 27.7 Å². The van der Waals surface area contributed by atoms with Gasteiger partial charge in [0.1, 0.15) is 0 Å². The number of allylic oxidation sites excluding steroid dienone is 1. The van der Waals surface area contributed by atoms with Gasteiger partial charge in [-0.1, -0.05) is 12.1 Å². The minimum atomic E-state index is -4.47. The summed E-state index contributed by atoms with van der Waals surface area (Å²) in [6.45, 7) is 1.57. The van der Waals surface area contributed by atoms with E-state index in [-0.39, 0.29) is 23.4 Å². The topological polar surface area (TPSA) is 54.5 Å². The molecule has 0 radical (unpaired) electrons. The minimum absolute atomic E-state index is 0.0881. The molecule has 1 amide bonds. The van der Waals surface area contributed by atoms with Gasteiger partial charge in [0.2, 0.25) is 10.0 Å². The molecule has 0 N–H and O–H groups in total. The van der Waals surface area contributed by atoms with Crippen molar-refractivity contribution >= 4 is 21.5 Å². The molecule has 1 aromatic carbocycles. The Kier molecular flexibility index (Phi) is 4.32. The van der Waals surface area contributed by atoms with E-state index in [9.17, 15) is 26.4 Å². The van der Waals surface area contributed by atoms with E-state index in [1.54, 1.807) is 0 Å². The normalized spacial score (nSPS) is 18.5. The smallest absolute Gasteiger partial charge is 0.269 e. The second-order valence-electron chi connectivity index (χ2n) is 4.99. The van der Waals surface area contributed by atoms with Crippen molar-refractivity contribution in [2.24, 2.45) is 0 Å². The zero-order chi connectivity index (χ0) is 16.5. The van der Waals surface area contributed by atoms with Gasteiger partial charge in [-0.25, -0.2) is 12.7 Å². The Hall–Kier alpha value is -1.83. The average Bonchev–Trinajstić information content (AvgIpc) is 2.77. The minimum Gasteiger partial charge on any atom is -0.269 e. The van der Waals surface area contributed by atoms with Crippen molar-refractivity contribution in [1.82, 2.24) is 4.31 Å². The molecule has 1 heterocycles. The Morgan fingerprint density at radius 2 is 2.00 bits per heavy atom. The van der Waals surface area contributed by atoms with Gasteiger partial charge in [-0.3, -0.25) is 4.79 Å². The summed E-state index contributed by atoms with van der Waals surface area (Å²) in [5.74, 6) is -0.817. The number of amides is 1. The lowest BCUT2D eigenvalue weighted by Gasteiger charge is -2.13. The van der Waals surface area contributed by atoms with E-state index in [0.29, 0.717) is 6.42 Å². The maximum Gasteiger partial charge on any atom is 0.416 e. The Labute approximate surface area is 126 Å². The number of carbonyl (C=O) groups excluding carboxylic acids is 1. The van der Waals surface area contributed by atoms with Crippen molar-refractivity contribution in [2.75, 3.05) is 12.3 Å². The monoisotopic (exact) mass is 333 g/mol. The van der Waals surface area contributed by atoms with E-state index in [0.717, 1.165) is 22.5 Å². The van der Waals surface area contributed by atoms with Crippen LogP contribution in [-0.2, 0) is 21.0 Å². The Morgan fingerprint density at radius 1 is 1.32 bits per heavy atom. The first kappa shape index (κ1) is 16.5. The number of hydrogen-bond donors (Lipinski definition) is 0. The van der Waals surface area contributed by atoms with Gasteiger partial charge in [0.15, 0.2) is 0 Å². The standard InChI is InChI=1S/C14H14F3NO3S/c1-10(8-13(19)18-6-3-7-22(18,20)21)11-4-2-5-12(9-11)14(15,16)17/h2,4-5,8-9H,3,6-7H2,1H3/b10-8+. The third-order valence-electron chi connectivity index (χ3n) is 3.33. The first-order valence-corrected chi connectivity index (χ1v) is 8.12. The second-order valence-corrected chi connectivity index (χ2v) is 7.00. The molecule has 1 aliphatic rings. The number of halogens is 3. The molecule has 1 fully saturated rings. The van der Waals surface area contributed by atoms with Gasteiger partial charge >= 0.3 is 6.18 Å². The lowest BCUT2D eigenvalue weighted by atomic mass is 10.0. The van der Waals surface area contributed by atoms with Crippen LogP contribution in [0.5, 0.6) is 0 Å². The van der Waals surface area contributed by atoms with Gasteiger partial charge in [0.25, 0.3) is 5.91 Å². The van der Waals surface area contributed by atoms with Gasteiger partial charge in [-0.2, -0.15) is 13.2 Å². The van der Waals surface area contributed by atoms with Gasteiger partial charge in [-0.05, 0) is 36.6 Å². The van der Waals surface area contributed by atoms with Crippen LogP contribution in [0.2, 0.25) is 0 Å². The molecular weight excluding hydrogens is 319 g/mol. The molecule has 0 bridgehead atoms. The predicted octanol–water partition coefficient (Wildman–Crippen LogP) is 2.67. The molecule has 1 aliphatic heterocycles. The number of carbonyl (C=O) groups is 1. The van der Waals surface area contributed by atoms with Crippen LogP contribution >= 0.6 is 0 Å². The summed E-state index contributed by atoms with van der Waals surface area (Å²) in [4.78, 5) is 12.0. The fourth-order valence-corrected chi connectivity index (χ4v) is 3.62. The molecule has 0 atom stereocenters. The quantitative estimate of drug-likeness (QED) is 0.782. The molecule has 120 valence electrons. The first-order chi connectivity index (χ1) is 10.1. The van der Waals surface area contributed by atoms with Crippen LogP contribution in [0.1, 0.15) is 24.5 Å². The molecule has 2 rings (SSSR count). The molecule has 0 spiro atoms. The van der Waals surface area contributed by atoms with Crippen LogP contribution in [0.25, 0.3) is 5.57 Å². The highest BCUT2D eigenvalue weighted by Gasteiger charge is 2.32. The Morgan fingerprint density at radius 3 is 2.55 bits per heavy atom. The summed E-state index contributed by atoms with van der Waals surface area (Å²) in [6, 6.07) is 4.54. The lowest BCUT2D eigenvalue weighted by Crippen LogP contribution is -2.31. The van der Waals surface area contributed by atoms with Crippen molar-refractivity contribution in [2.45, 2.75) is 19.5 Å². The molecular formula is C14H14F3NO3S. The zero-order valence-electron chi connectivity index (χ0n) is 11.7. The number of sulfonamides is 1. The molecule has 0 unspecified atom stereocenters. The molecule has 22 heavy (non-hydrogen) atoms. The predicted molar refractivity (Wildman–Crippen MR) is 75.2 cm³/mol. The third-order valence-corrected chi connectivity index (χ3v) is 5.17. The molecule has 0 saturated carbocycles. The van der Waals surface area contributed by atoms with E-state index in [1.165, 1.54) is 19.1 Å². The van der Waals surface area contributed by atoms with Crippen LogP contribution in [0, 0.1) is 0 Å². The third kappa shape index (κ3) is 3.49. The van der Waals surface area contributed by atoms with Crippen LogP contribution in [0.3, 0.4) is 0 Å². The summed E-state index contributed by atoms with van der Waals surface area (Å²) in [5, 5.41) is 0. The average molecular weight is 333 g/mol. The summed E-state index contributed by atoms with van der Waals surface area (Å²) in [6.07, 6.45) is -3.05. The van der Waals surface area contributed by atoms with Gasteiger partial charge in [0.05, 0.1) is 11.3 Å². The summed E-state index contributed by atoms with van der Waals surface area (Å²) in [5.41, 5.74) is -0.322. The van der Waals surface area contributed by atoms with E-state index in [1.807, 2.05) is 0 Å². The van der Waals surface area contributed by atoms with Crippen LogP contribution < -0.4 is 0 Å². The SMILES string of the molecule is C/C(=C\C(=O)N1CCCS1(=O)=O)c1cccc(C(F)(F)F)c1. The summed E-state index contributed by atoms with van der Waals surface area (Å²) in [7, 11) is -3.59. The maximum absolute atomic E-state index is 12.7. The zero-order valence-corrected chi connectivity index (χ0v) is 12.5. The largest absolute Gasteiger partial charge is 0.416 e. The molecule has 1 saturated heterocycles.